The Balaban J connectivity index is 1.83. The summed E-state index contributed by atoms with van der Waals surface area (Å²) in [6.07, 6.45) is 2.51. The molecule has 0 fully saturated rings. The Morgan fingerprint density at radius 3 is 3.07 bits per heavy atom. The van der Waals surface area contributed by atoms with Crippen molar-refractivity contribution in [3.05, 3.63) is 28.8 Å². The average molecular weight is 221 g/mol. The van der Waals surface area contributed by atoms with Gasteiger partial charge in [0.2, 0.25) is 5.95 Å². The minimum absolute atomic E-state index is 0.286. The molecule has 0 aromatic carbocycles. The Hall–Kier alpha value is -1.69. The summed E-state index contributed by atoms with van der Waals surface area (Å²) in [5.41, 5.74) is 8.38. The molecule has 2 aromatic rings. The first kappa shape index (κ1) is 9.85. The molecule has 3 N–H and O–H groups in total. The van der Waals surface area contributed by atoms with Crippen molar-refractivity contribution in [2.24, 2.45) is 0 Å². The Labute approximate surface area is 91.4 Å². The summed E-state index contributed by atoms with van der Waals surface area (Å²) in [6, 6.07) is 1.79. The molecule has 0 saturated carbocycles. The van der Waals surface area contributed by atoms with E-state index in [0.717, 1.165) is 24.5 Å². The van der Waals surface area contributed by atoms with Crippen molar-refractivity contribution in [1.82, 2.24) is 15.0 Å². The molecule has 5 nitrogen and oxygen atoms in total. The average Bonchev–Trinajstić information content (AvgIpc) is 2.71. The summed E-state index contributed by atoms with van der Waals surface area (Å²) in [5, 5.41) is 5.19. The smallest absolute Gasteiger partial charge is 0.221 e. The molecule has 0 aliphatic carbocycles. The highest BCUT2D eigenvalue weighted by Crippen LogP contribution is 2.04. The molecule has 0 atom stereocenters. The van der Waals surface area contributed by atoms with E-state index in [1.54, 1.807) is 23.6 Å². The molecule has 0 aliphatic heterocycles. The molecule has 0 radical (unpaired) electrons. The van der Waals surface area contributed by atoms with Crippen LogP contribution < -0.4 is 11.1 Å². The van der Waals surface area contributed by atoms with E-state index in [1.807, 2.05) is 10.9 Å². The Bertz CT molecular complexity index is 414. The van der Waals surface area contributed by atoms with Gasteiger partial charge in [-0.1, -0.05) is 0 Å². The fourth-order valence-corrected chi connectivity index (χ4v) is 1.74. The number of anilines is 2. The summed E-state index contributed by atoms with van der Waals surface area (Å²) < 4.78 is 0. The predicted molar refractivity (Wildman–Crippen MR) is 60.8 cm³/mol. The summed E-state index contributed by atoms with van der Waals surface area (Å²) in [6.45, 7) is 0.792. The molecule has 0 aliphatic rings. The zero-order valence-corrected chi connectivity index (χ0v) is 8.87. The van der Waals surface area contributed by atoms with Gasteiger partial charge < -0.3 is 11.1 Å². The van der Waals surface area contributed by atoms with Crippen LogP contribution in [0.1, 0.15) is 5.69 Å². The Kier molecular flexibility index (Phi) is 3.08. The number of hydrogen-bond acceptors (Lipinski definition) is 6. The summed E-state index contributed by atoms with van der Waals surface area (Å²) >= 11 is 1.60. The maximum Gasteiger partial charge on any atom is 0.221 e. The van der Waals surface area contributed by atoms with E-state index in [9.17, 15) is 0 Å². The van der Waals surface area contributed by atoms with Crippen molar-refractivity contribution >= 4 is 23.1 Å². The molecule has 78 valence electrons. The highest BCUT2D eigenvalue weighted by Gasteiger charge is 1.97. The second kappa shape index (κ2) is 4.70. The molecule has 15 heavy (non-hydrogen) atoms. The van der Waals surface area contributed by atoms with Gasteiger partial charge in [-0.25, -0.2) is 9.97 Å². The van der Waals surface area contributed by atoms with Gasteiger partial charge in [-0.2, -0.15) is 4.98 Å². The lowest BCUT2D eigenvalue weighted by molar-refractivity contribution is 0.966. The van der Waals surface area contributed by atoms with Crippen molar-refractivity contribution in [2.45, 2.75) is 6.42 Å². The highest BCUT2D eigenvalue weighted by molar-refractivity contribution is 7.07. The fourth-order valence-electron chi connectivity index (χ4n) is 1.15. The molecular weight excluding hydrogens is 210 g/mol. The van der Waals surface area contributed by atoms with Crippen molar-refractivity contribution in [3.63, 3.8) is 0 Å². The van der Waals surface area contributed by atoms with E-state index in [4.69, 9.17) is 5.73 Å². The molecule has 6 heteroatoms. The number of aromatic nitrogens is 3. The molecule has 2 heterocycles. The number of nitrogens with two attached hydrogens (primary N) is 1. The van der Waals surface area contributed by atoms with Crippen LogP contribution in [-0.2, 0) is 6.42 Å². The monoisotopic (exact) mass is 221 g/mol. The molecule has 0 bridgehead atoms. The maximum atomic E-state index is 5.45. The van der Waals surface area contributed by atoms with Gasteiger partial charge in [0, 0.05) is 24.5 Å². The fraction of sp³-hybridized carbons (Fsp3) is 0.222. The second-order valence-corrected chi connectivity index (χ2v) is 3.68. The minimum atomic E-state index is 0.286. The van der Waals surface area contributed by atoms with Crippen LogP contribution in [0.5, 0.6) is 0 Å². The first-order chi connectivity index (χ1) is 7.34. The van der Waals surface area contributed by atoms with E-state index >= 15 is 0 Å². The number of thiazole rings is 1. The van der Waals surface area contributed by atoms with Gasteiger partial charge in [-0.15, -0.1) is 11.3 Å². The van der Waals surface area contributed by atoms with Crippen molar-refractivity contribution < 1.29 is 0 Å². The number of nitrogens with zero attached hydrogens (tertiary/aromatic N) is 3. The zero-order valence-electron chi connectivity index (χ0n) is 8.05. The Morgan fingerprint density at radius 1 is 1.40 bits per heavy atom. The highest BCUT2D eigenvalue weighted by atomic mass is 32.1. The summed E-state index contributed by atoms with van der Waals surface area (Å²) in [7, 11) is 0. The van der Waals surface area contributed by atoms with E-state index in [1.165, 1.54) is 0 Å². The topological polar surface area (TPSA) is 76.7 Å². The molecule has 2 aromatic heterocycles. The maximum absolute atomic E-state index is 5.45. The minimum Gasteiger partial charge on any atom is -0.370 e. The molecule has 2 rings (SSSR count). The molecule has 0 unspecified atom stereocenters. The predicted octanol–water partition coefficient (Wildman–Crippen LogP) is 1.17. The lowest BCUT2D eigenvalue weighted by Crippen LogP contribution is -2.07. The number of hydrogen-bond donors (Lipinski definition) is 2. The SMILES string of the molecule is Nc1nccc(NCCc2cscn2)n1. The van der Waals surface area contributed by atoms with Crippen LogP contribution in [0.15, 0.2) is 23.2 Å². The third kappa shape index (κ3) is 2.88. The van der Waals surface area contributed by atoms with Gasteiger partial charge in [0.05, 0.1) is 11.2 Å². The lowest BCUT2D eigenvalue weighted by Gasteiger charge is -2.03. The van der Waals surface area contributed by atoms with E-state index in [-0.39, 0.29) is 5.95 Å². The van der Waals surface area contributed by atoms with Crippen molar-refractivity contribution in [2.75, 3.05) is 17.6 Å². The lowest BCUT2D eigenvalue weighted by atomic mass is 10.3. The summed E-state index contributed by atoms with van der Waals surface area (Å²) in [5.74, 6) is 1.03. The van der Waals surface area contributed by atoms with Crippen LogP contribution in [0.25, 0.3) is 0 Å². The number of nitrogens with one attached hydrogen (secondary N) is 1. The van der Waals surface area contributed by atoms with Gasteiger partial charge in [-0.05, 0) is 6.07 Å². The first-order valence-electron chi connectivity index (χ1n) is 4.54. The van der Waals surface area contributed by atoms with Gasteiger partial charge in [0.1, 0.15) is 5.82 Å². The first-order valence-corrected chi connectivity index (χ1v) is 5.48. The summed E-state index contributed by atoms with van der Waals surface area (Å²) in [4.78, 5) is 12.0. The molecule has 0 saturated heterocycles. The van der Waals surface area contributed by atoms with Gasteiger partial charge in [0.25, 0.3) is 0 Å². The standard InChI is InChI=1S/C9H11N5S/c10-9-12-4-2-8(14-9)11-3-1-7-5-15-6-13-7/h2,4-6H,1,3H2,(H3,10,11,12,14). The molecule has 0 amide bonds. The van der Waals surface area contributed by atoms with E-state index < -0.39 is 0 Å². The van der Waals surface area contributed by atoms with Crippen LogP contribution in [0, 0.1) is 0 Å². The Morgan fingerprint density at radius 2 is 2.33 bits per heavy atom. The van der Waals surface area contributed by atoms with Crippen molar-refractivity contribution in [1.29, 1.82) is 0 Å². The molecular formula is C9H11N5S. The van der Waals surface area contributed by atoms with Crippen LogP contribution in [0.4, 0.5) is 11.8 Å². The normalized spacial score (nSPS) is 10.1. The number of nitrogen functional groups attached to an aromatic ring is 1. The third-order valence-electron chi connectivity index (χ3n) is 1.84. The van der Waals surface area contributed by atoms with E-state index in [0.29, 0.717) is 0 Å². The van der Waals surface area contributed by atoms with Crippen LogP contribution >= 0.6 is 11.3 Å². The number of rotatable bonds is 4. The quantitative estimate of drug-likeness (QED) is 0.810. The van der Waals surface area contributed by atoms with Crippen LogP contribution in [0.2, 0.25) is 0 Å². The van der Waals surface area contributed by atoms with Gasteiger partial charge in [0.15, 0.2) is 0 Å². The van der Waals surface area contributed by atoms with Crippen LogP contribution in [0.3, 0.4) is 0 Å². The largest absolute Gasteiger partial charge is 0.370 e. The molecule has 0 spiro atoms. The van der Waals surface area contributed by atoms with Crippen LogP contribution in [-0.4, -0.2) is 21.5 Å². The van der Waals surface area contributed by atoms with Gasteiger partial charge >= 0.3 is 0 Å². The second-order valence-electron chi connectivity index (χ2n) is 2.96. The zero-order chi connectivity index (χ0) is 10.5. The van der Waals surface area contributed by atoms with Gasteiger partial charge in [-0.3, -0.25) is 0 Å². The van der Waals surface area contributed by atoms with E-state index in [2.05, 4.69) is 20.3 Å². The third-order valence-corrected chi connectivity index (χ3v) is 2.48. The van der Waals surface area contributed by atoms with Crippen molar-refractivity contribution in [3.8, 4) is 0 Å².